The molecule has 0 N–H and O–H groups in total. The number of fused-ring (bicyclic) bond motifs is 1. The molecule has 0 saturated carbocycles. The molecule has 2 aromatic carbocycles. The van der Waals surface area contributed by atoms with Gasteiger partial charge in [-0.1, -0.05) is 42.5 Å². The highest BCUT2D eigenvalue weighted by atomic mass is 32.1. The van der Waals surface area contributed by atoms with E-state index in [1.807, 2.05) is 18.2 Å². The van der Waals surface area contributed by atoms with Crippen molar-refractivity contribution < 1.29 is 4.74 Å². The van der Waals surface area contributed by atoms with E-state index in [9.17, 15) is 0 Å². The summed E-state index contributed by atoms with van der Waals surface area (Å²) in [4.78, 5) is 9.80. The minimum Gasteiger partial charge on any atom is -0.431 e. The first-order valence-electron chi connectivity index (χ1n) is 11.4. The number of hydrogen-bond acceptors (Lipinski definition) is 5. The van der Waals surface area contributed by atoms with Gasteiger partial charge in [0.2, 0.25) is 0 Å². The smallest absolute Gasteiger partial charge is 0.279 e. The van der Waals surface area contributed by atoms with E-state index in [1.165, 1.54) is 64.0 Å². The largest absolute Gasteiger partial charge is 0.431 e. The third-order valence-electron chi connectivity index (χ3n) is 5.81. The summed E-state index contributed by atoms with van der Waals surface area (Å²) in [5.41, 5.74) is 2.36. The van der Waals surface area contributed by atoms with E-state index < -0.39 is 0 Å². The minimum atomic E-state index is 0.705. The number of nitrogens with zero attached hydrogens (tertiary/aromatic N) is 3. The molecular formula is C25H33N3OS. The van der Waals surface area contributed by atoms with Crippen molar-refractivity contribution in [2.75, 3.05) is 39.3 Å². The first-order chi connectivity index (χ1) is 14.8. The second kappa shape index (κ2) is 10.9. The summed E-state index contributed by atoms with van der Waals surface area (Å²) in [5.74, 6) is 0.855. The molecule has 0 spiro atoms. The summed E-state index contributed by atoms with van der Waals surface area (Å²) in [7, 11) is 0. The number of benzene rings is 2. The van der Waals surface area contributed by atoms with E-state index in [2.05, 4.69) is 52.0 Å². The molecule has 4 nitrogen and oxygen atoms in total. The maximum Gasteiger partial charge on any atom is 0.279 e. The van der Waals surface area contributed by atoms with Crippen molar-refractivity contribution in [2.24, 2.45) is 0 Å². The molecule has 1 aliphatic rings. The zero-order chi connectivity index (χ0) is 20.6. The van der Waals surface area contributed by atoms with Gasteiger partial charge in [0.1, 0.15) is 5.75 Å². The Labute approximate surface area is 184 Å². The van der Waals surface area contributed by atoms with Gasteiger partial charge in [-0.15, -0.1) is 0 Å². The van der Waals surface area contributed by atoms with E-state index in [4.69, 9.17) is 4.74 Å². The zero-order valence-electron chi connectivity index (χ0n) is 18.1. The second-order valence-electron chi connectivity index (χ2n) is 8.19. The summed E-state index contributed by atoms with van der Waals surface area (Å²) in [5, 5.41) is 0.705. The summed E-state index contributed by atoms with van der Waals surface area (Å²) >= 11 is 1.59. The normalized spacial score (nSPS) is 14.7. The quantitative estimate of drug-likeness (QED) is 0.388. The van der Waals surface area contributed by atoms with Crippen molar-refractivity contribution in [3.63, 3.8) is 0 Å². The van der Waals surface area contributed by atoms with Crippen LogP contribution in [0, 0.1) is 0 Å². The Morgan fingerprint density at radius 3 is 2.57 bits per heavy atom. The van der Waals surface area contributed by atoms with Crippen LogP contribution < -0.4 is 4.74 Å². The van der Waals surface area contributed by atoms with Crippen LogP contribution in [0.3, 0.4) is 0 Å². The zero-order valence-corrected chi connectivity index (χ0v) is 18.9. The first kappa shape index (κ1) is 21.3. The maximum absolute atomic E-state index is 5.98. The van der Waals surface area contributed by atoms with Crippen LogP contribution in [0.2, 0.25) is 0 Å². The number of para-hydroxylation sites is 1. The van der Waals surface area contributed by atoms with Crippen molar-refractivity contribution in [2.45, 2.75) is 39.0 Å². The fourth-order valence-corrected chi connectivity index (χ4v) is 5.02. The number of aromatic nitrogens is 1. The molecular weight excluding hydrogens is 390 g/mol. The van der Waals surface area contributed by atoms with Gasteiger partial charge < -0.3 is 14.5 Å². The summed E-state index contributed by atoms with van der Waals surface area (Å²) in [6, 6.07) is 16.7. The van der Waals surface area contributed by atoms with Gasteiger partial charge in [0.05, 0.1) is 10.2 Å². The van der Waals surface area contributed by atoms with Crippen LogP contribution in [-0.2, 0) is 6.42 Å². The fourth-order valence-electron chi connectivity index (χ4n) is 4.18. The molecule has 0 unspecified atom stereocenters. The van der Waals surface area contributed by atoms with Gasteiger partial charge >= 0.3 is 0 Å². The Balaban J connectivity index is 1.25. The van der Waals surface area contributed by atoms with Gasteiger partial charge in [-0.3, -0.25) is 0 Å². The van der Waals surface area contributed by atoms with Crippen LogP contribution >= 0.6 is 11.3 Å². The van der Waals surface area contributed by atoms with Gasteiger partial charge in [-0.2, -0.15) is 0 Å². The summed E-state index contributed by atoms with van der Waals surface area (Å²) in [6.45, 7) is 9.69. The maximum atomic E-state index is 5.98. The molecule has 160 valence electrons. The Morgan fingerprint density at radius 2 is 1.80 bits per heavy atom. The van der Waals surface area contributed by atoms with Gasteiger partial charge in [0, 0.05) is 6.54 Å². The summed E-state index contributed by atoms with van der Waals surface area (Å²) in [6.07, 6.45) is 6.37. The van der Waals surface area contributed by atoms with E-state index >= 15 is 0 Å². The Morgan fingerprint density at radius 1 is 1.00 bits per heavy atom. The standard InChI is InChI=1S/C25H33N3OS/c1-2-15-27(18-7-19-28-16-5-6-17-28)20-14-21-10-12-22(13-11-21)29-25-26-23-8-3-4-9-24(23)30-25/h3-4,8-13H,2,5-7,14-20H2,1H3. The fraction of sp³-hybridized carbons (Fsp3) is 0.480. The molecule has 30 heavy (non-hydrogen) atoms. The van der Waals surface area contributed by atoms with Gasteiger partial charge in [-0.25, -0.2) is 4.98 Å². The number of thiazole rings is 1. The molecule has 0 amide bonds. The molecule has 1 fully saturated rings. The lowest BCUT2D eigenvalue weighted by Crippen LogP contribution is -2.31. The van der Waals surface area contributed by atoms with Crippen molar-refractivity contribution in [1.82, 2.24) is 14.8 Å². The average Bonchev–Trinajstić information content (AvgIpc) is 3.42. The molecule has 1 aliphatic heterocycles. The molecule has 1 saturated heterocycles. The average molecular weight is 424 g/mol. The molecule has 3 aromatic rings. The van der Waals surface area contributed by atoms with Crippen molar-refractivity contribution >= 4 is 21.6 Å². The lowest BCUT2D eigenvalue weighted by Gasteiger charge is -2.23. The van der Waals surface area contributed by atoms with E-state index in [0.29, 0.717) is 5.19 Å². The Kier molecular flexibility index (Phi) is 7.73. The van der Waals surface area contributed by atoms with E-state index in [0.717, 1.165) is 28.9 Å². The molecule has 0 atom stereocenters. The molecule has 0 radical (unpaired) electrons. The number of ether oxygens (including phenoxy) is 1. The molecule has 4 rings (SSSR count). The number of rotatable bonds is 11. The molecule has 5 heteroatoms. The third kappa shape index (κ3) is 6.03. The van der Waals surface area contributed by atoms with Crippen molar-refractivity contribution in [3.8, 4) is 10.9 Å². The lowest BCUT2D eigenvalue weighted by atomic mass is 10.1. The van der Waals surface area contributed by atoms with Crippen LogP contribution in [0.15, 0.2) is 48.5 Å². The van der Waals surface area contributed by atoms with Crippen molar-refractivity contribution in [1.29, 1.82) is 0 Å². The molecule has 0 bridgehead atoms. The van der Waals surface area contributed by atoms with Crippen molar-refractivity contribution in [3.05, 3.63) is 54.1 Å². The number of likely N-dealkylation sites (tertiary alicyclic amines) is 1. The molecule has 0 aliphatic carbocycles. The first-order valence-corrected chi connectivity index (χ1v) is 12.2. The van der Waals surface area contributed by atoms with Gasteiger partial charge in [0.15, 0.2) is 0 Å². The lowest BCUT2D eigenvalue weighted by molar-refractivity contribution is 0.247. The summed E-state index contributed by atoms with van der Waals surface area (Å²) < 4.78 is 7.13. The van der Waals surface area contributed by atoms with Crippen LogP contribution in [0.5, 0.6) is 10.9 Å². The van der Waals surface area contributed by atoms with Crippen LogP contribution in [-0.4, -0.2) is 54.1 Å². The van der Waals surface area contributed by atoms with Crippen LogP contribution in [0.4, 0.5) is 0 Å². The number of hydrogen-bond donors (Lipinski definition) is 0. The van der Waals surface area contributed by atoms with Crippen LogP contribution in [0.25, 0.3) is 10.2 Å². The predicted octanol–water partition coefficient (Wildman–Crippen LogP) is 5.83. The third-order valence-corrected chi connectivity index (χ3v) is 6.72. The highest BCUT2D eigenvalue weighted by molar-refractivity contribution is 7.20. The SMILES string of the molecule is CCCN(CCCN1CCCC1)CCc1ccc(Oc2nc3ccccc3s2)cc1. The predicted molar refractivity (Wildman–Crippen MR) is 127 cm³/mol. The Hall–Kier alpha value is -1.95. The van der Waals surface area contributed by atoms with Crippen LogP contribution in [0.1, 0.15) is 38.2 Å². The topological polar surface area (TPSA) is 28.6 Å². The second-order valence-corrected chi connectivity index (χ2v) is 9.18. The van der Waals surface area contributed by atoms with Gasteiger partial charge in [-0.05, 0) is 94.7 Å². The molecule has 2 heterocycles. The van der Waals surface area contributed by atoms with E-state index in [-0.39, 0.29) is 0 Å². The highest BCUT2D eigenvalue weighted by Crippen LogP contribution is 2.31. The molecule has 1 aromatic heterocycles. The minimum absolute atomic E-state index is 0.705. The highest BCUT2D eigenvalue weighted by Gasteiger charge is 2.12. The van der Waals surface area contributed by atoms with E-state index in [1.54, 1.807) is 11.3 Å². The monoisotopic (exact) mass is 423 g/mol. The Bertz CT molecular complexity index is 869. The van der Waals surface area contributed by atoms with Gasteiger partial charge in [0.25, 0.3) is 5.19 Å².